The molecular formula is C15H20N2O4S. The van der Waals surface area contributed by atoms with Gasteiger partial charge in [-0.1, -0.05) is 24.8 Å². The van der Waals surface area contributed by atoms with E-state index in [-0.39, 0.29) is 18.0 Å². The first-order valence-electron chi connectivity index (χ1n) is 7.14. The summed E-state index contributed by atoms with van der Waals surface area (Å²) in [4.78, 5) is 11.6. The van der Waals surface area contributed by atoms with Gasteiger partial charge in [0.2, 0.25) is 10.0 Å². The minimum absolute atomic E-state index is 0.152. The maximum atomic E-state index is 12.4. The smallest absolute Gasteiger partial charge is 0.407 e. The zero-order valence-corrected chi connectivity index (χ0v) is 13.1. The van der Waals surface area contributed by atoms with E-state index in [0.29, 0.717) is 13.1 Å². The van der Waals surface area contributed by atoms with Gasteiger partial charge in [0, 0.05) is 19.6 Å². The Morgan fingerprint density at radius 2 is 1.91 bits per heavy atom. The fourth-order valence-corrected chi connectivity index (χ4v) is 3.73. The van der Waals surface area contributed by atoms with Crippen molar-refractivity contribution >= 4 is 16.1 Å². The predicted octanol–water partition coefficient (Wildman–Crippen LogP) is 1.88. The SMILES string of the molecule is C=CCOC(=O)NCc1ccc(S(=O)(=O)N2CCCC2)cc1. The van der Waals surface area contributed by atoms with Gasteiger partial charge >= 0.3 is 6.09 Å². The number of nitrogens with one attached hydrogen (secondary N) is 1. The van der Waals surface area contributed by atoms with E-state index >= 15 is 0 Å². The molecule has 0 unspecified atom stereocenters. The van der Waals surface area contributed by atoms with Gasteiger partial charge in [0.25, 0.3) is 0 Å². The van der Waals surface area contributed by atoms with E-state index in [0.717, 1.165) is 18.4 Å². The highest BCUT2D eigenvalue weighted by molar-refractivity contribution is 7.89. The van der Waals surface area contributed by atoms with Gasteiger partial charge in [0.15, 0.2) is 0 Å². The molecule has 1 heterocycles. The van der Waals surface area contributed by atoms with Crippen LogP contribution in [-0.4, -0.2) is 38.5 Å². The molecule has 6 nitrogen and oxygen atoms in total. The van der Waals surface area contributed by atoms with E-state index < -0.39 is 16.1 Å². The van der Waals surface area contributed by atoms with Crippen molar-refractivity contribution in [1.82, 2.24) is 9.62 Å². The summed E-state index contributed by atoms with van der Waals surface area (Å²) in [5.74, 6) is 0. The molecule has 0 aliphatic carbocycles. The Bertz CT molecular complexity index is 619. The third-order valence-electron chi connectivity index (χ3n) is 3.40. The van der Waals surface area contributed by atoms with Crippen LogP contribution in [0.3, 0.4) is 0 Å². The van der Waals surface area contributed by atoms with Gasteiger partial charge in [-0.25, -0.2) is 13.2 Å². The average molecular weight is 324 g/mol. The normalized spacial score (nSPS) is 15.5. The molecule has 0 spiro atoms. The summed E-state index contributed by atoms with van der Waals surface area (Å²) in [7, 11) is -3.39. The Hall–Kier alpha value is -1.86. The van der Waals surface area contributed by atoms with E-state index in [1.807, 2.05) is 0 Å². The Kier molecular flexibility index (Phi) is 5.57. The highest BCUT2D eigenvalue weighted by Crippen LogP contribution is 2.20. The predicted molar refractivity (Wildman–Crippen MR) is 82.8 cm³/mol. The second-order valence-corrected chi connectivity index (χ2v) is 6.93. The van der Waals surface area contributed by atoms with Crippen molar-refractivity contribution in [3.8, 4) is 0 Å². The van der Waals surface area contributed by atoms with Crippen LogP contribution in [-0.2, 0) is 21.3 Å². The monoisotopic (exact) mass is 324 g/mol. The lowest BCUT2D eigenvalue weighted by molar-refractivity contribution is 0.158. The quantitative estimate of drug-likeness (QED) is 0.811. The number of amides is 1. The summed E-state index contributed by atoms with van der Waals surface area (Å²) in [6, 6.07) is 6.52. The molecule has 0 bridgehead atoms. The second-order valence-electron chi connectivity index (χ2n) is 5.00. The van der Waals surface area contributed by atoms with Crippen molar-refractivity contribution in [2.75, 3.05) is 19.7 Å². The number of nitrogens with zero attached hydrogens (tertiary/aromatic N) is 1. The summed E-state index contributed by atoms with van der Waals surface area (Å²) in [5, 5.41) is 2.58. The van der Waals surface area contributed by atoms with E-state index in [9.17, 15) is 13.2 Å². The number of benzene rings is 1. The van der Waals surface area contributed by atoms with E-state index in [1.165, 1.54) is 10.4 Å². The minimum Gasteiger partial charge on any atom is -0.445 e. The maximum Gasteiger partial charge on any atom is 0.407 e. The second kappa shape index (κ2) is 7.42. The van der Waals surface area contributed by atoms with Crippen LogP contribution in [0.1, 0.15) is 18.4 Å². The van der Waals surface area contributed by atoms with Crippen LogP contribution < -0.4 is 5.32 Å². The molecule has 120 valence electrons. The number of alkyl carbamates (subject to hydrolysis) is 1. The lowest BCUT2D eigenvalue weighted by Gasteiger charge is -2.15. The van der Waals surface area contributed by atoms with Gasteiger partial charge in [-0.3, -0.25) is 0 Å². The minimum atomic E-state index is -3.39. The summed E-state index contributed by atoms with van der Waals surface area (Å²) in [6.07, 6.45) is 2.77. The molecule has 1 fully saturated rings. The summed E-state index contributed by atoms with van der Waals surface area (Å²) >= 11 is 0. The van der Waals surface area contributed by atoms with Crippen LogP contribution in [0.5, 0.6) is 0 Å². The molecule has 1 aliphatic heterocycles. The first kappa shape index (κ1) is 16.5. The van der Waals surface area contributed by atoms with E-state index in [2.05, 4.69) is 11.9 Å². The van der Waals surface area contributed by atoms with Gasteiger partial charge in [-0.2, -0.15) is 4.31 Å². The zero-order chi connectivity index (χ0) is 16.0. The Morgan fingerprint density at radius 3 is 2.50 bits per heavy atom. The van der Waals surface area contributed by atoms with Crippen molar-refractivity contribution in [3.05, 3.63) is 42.5 Å². The Morgan fingerprint density at radius 1 is 1.27 bits per heavy atom. The van der Waals surface area contributed by atoms with Crippen LogP contribution in [0.4, 0.5) is 4.79 Å². The van der Waals surface area contributed by atoms with Gasteiger partial charge in [0.05, 0.1) is 4.90 Å². The van der Waals surface area contributed by atoms with Crippen LogP contribution in [0.25, 0.3) is 0 Å². The zero-order valence-electron chi connectivity index (χ0n) is 12.3. The van der Waals surface area contributed by atoms with E-state index in [4.69, 9.17) is 4.74 Å². The molecule has 0 atom stereocenters. The largest absolute Gasteiger partial charge is 0.445 e. The van der Waals surface area contributed by atoms with Crippen LogP contribution in [0.15, 0.2) is 41.8 Å². The molecule has 1 aromatic carbocycles. The molecule has 22 heavy (non-hydrogen) atoms. The fourth-order valence-electron chi connectivity index (χ4n) is 2.22. The number of hydrogen-bond acceptors (Lipinski definition) is 4. The number of carbonyl (C=O) groups is 1. The highest BCUT2D eigenvalue weighted by atomic mass is 32.2. The fraction of sp³-hybridized carbons (Fsp3) is 0.400. The molecule has 1 aromatic rings. The molecule has 1 saturated heterocycles. The number of sulfonamides is 1. The third kappa shape index (κ3) is 4.08. The first-order chi connectivity index (χ1) is 10.5. The van der Waals surface area contributed by atoms with Crippen molar-refractivity contribution in [2.24, 2.45) is 0 Å². The van der Waals surface area contributed by atoms with Gasteiger partial charge in [-0.15, -0.1) is 0 Å². The molecule has 1 aliphatic rings. The number of rotatable bonds is 6. The Balaban J connectivity index is 1.95. The summed E-state index contributed by atoms with van der Waals surface area (Å²) in [6.45, 7) is 5.05. The maximum absolute atomic E-state index is 12.4. The first-order valence-corrected chi connectivity index (χ1v) is 8.58. The Labute approximate surface area is 130 Å². The van der Waals surface area contributed by atoms with Crippen LogP contribution in [0, 0.1) is 0 Å². The van der Waals surface area contributed by atoms with Crippen molar-refractivity contribution in [1.29, 1.82) is 0 Å². The molecule has 7 heteroatoms. The molecule has 1 N–H and O–H groups in total. The topological polar surface area (TPSA) is 75.7 Å². The number of ether oxygens (including phenoxy) is 1. The average Bonchev–Trinajstić information content (AvgIpc) is 3.06. The molecule has 0 saturated carbocycles. The molecule has 2 rings (SSSR count). The van der Waals surface area contributed by atoms with Crippen LogP contribution >= 0.6 is 0 Å². The van der Waals surface area contributed by atoms with Gasteiger partial charge in [0.1, 0.15) is 6.61 Å². The van der Waals surface area contributed by atoms with Crippen LogP contribution in [0.2, 0.25) is 0 Å². The molecular weight excluding hydrogens is 304 g/mol. The van der Waals surface area contributed by atoms with E-state index in [1.54, 1.807) is 24.3 Å². The summed E-state index contributed by atoms with van der Waals surface area (Å²) < 4.78 is 31.0. The lowest BCUT2D eigenvalue weighted by atomic mass is 10.2. The van der Waals surface area contributed by atoms with Crippen molar-refractivity contribution < 1.29 is 17.9 Å². The van der Waals surface area contributed by atoms with Gasteiger partial charge < -0.3 is 10.1 Å². The van der Waals surface area contributed by atoms with Crippen molar-refractivity contribution in [2.45, 2.75) is 24.3 Å². The molecule has 1 amide bonds. The number of carbonyl (C=O) groups excluding carboxylic acids is 1. The third-order valence-corrected chi connectivity index (χ3v) is 5.31. The standard InChI is InChI=1S/C15H20N2O4S/c1-2-11-21-15(18)16-12-13-5-7-14(8-6-13)22(19,20)17-9-3-4-10-17/h2,5-8H,1,3-4,9-12H2,(H,16,18). The summed E-state index contributed by atoms with van der Waals surface area (Å²) in [5.41, 5.74) is 0.802. The number of hydrogen-bond donors (Lipinski definition) is 1. The molecule has 0 aromatic heterocycles. The highest BCUT2D eigenvalue weighted by Gasteiger charge is 2.26. The van der Waals surface area contributed by atoms with Crippen molar-refractivity contribution in [3.63, 3.8) is 0 Å². The lowest BCUT2D eigenvalue weighted by Crippen LogP contribution is -2.28. The molecule has 0 radical (unpaired) electrons. The van der Waals surface area contributed by atoms with Gasteiger partial charge in [-0.05, 0) is 30.5 Å².